The maximum Gasteiger partial charge on any atom is 0.0385 e. The third-order valence-corrected chi connectivity index (χ3v) is 5.88. The van der Waals surface area contributed by atoms with Crippen LogP contribution in [0.5, 0.6) is 0 Å². The van der Waals surface area contributed by atoms with Crippen LogP contribution in [0.3, 0.4) is 0 Å². The highest BCUT2D eigenvalue weighted by Crippen LogP contribution is 2.25. The third kappa shape index (κ3) is 7.36. The van der Waals surface area contributed by atoms with Gasteiger partial charge in [-0.2, -0.15) is 0 Å². The summed E-state index contributed by atoms with van der Waals surface area (Å²) in [6, 6.07) is 34.4. The van der Waals surface area contributed by atoms with Gasteiger partial charge >= 0.3 is 0 Å². The molecule has 0 bridgehead atoms. The van der Waals surface area contributed by atoms with Gasteiger partial charge in [-0.15, -0.1) is 0 Å². The van der Waals surface area contributed by atoms with Gasteiger partial charge in [0.05, 0.1) is 0 Å². The number of nitrogens with one attached hydrogen (secondary N) is 4. The van der Waals surface area contributed by atoms with Crippen LogP contribution in [0.2, 0.25) is 0 Å². The van der Waals surface area contributed by atoms with E-state index in [0.29, 0.717) is 12.0 Å². The second kappa shape index (κ2) is 11.6. The summed E-state index contributed by atoms with van der Waals surface area (Å²) in [6.07, 6.45) is 0. The Labute approximate surface area is 209 Å². The molecule has 0 aliphatic rings. The van der Waals surface area contributed by atoms with Crippen LogP contribution in [0, 0.1) is 0 Å². The second-order valence-corrected chi connectivity index (χ2v) is 9.54. The van der Waals surface area contributed by atoms with Crippen molar-refractivity contribution >= 4 is 34.1 Å². The topological polar surface area (TPSA) is 48.1 Å². The summed E-state index contributed by atoms with van der Waals surface area (Å²) in [7, 11) is 0. The molecule has 0 aliphatic heterocycles. The highest BCUT2D eigenvalue weighted by Gasteiger charge is 2.02. The molecule has 180 valence electrons. The van der Waals surface area contributed by atoms with E-state index in [0.717, 1.165) is 40.7 Å². The van der Waals surface area contributed by atoms with Crippen LogP contribution >= 0.6 is 0 Å². The first-order valence-corrected chi connectivity index (χ1v) is 12.4. The lowest BCUT2D eigenvalue weighted by Crippen LogP contribution is -2.21. The average molecular weight is 465 g/mol. The highest BCUT2D eigenvalue weighted by molar-refractivity contribution is 5.68. The van der Waals surface area contributed by atoms with Gasteiger partial charge < -0.3 is 21.3 Å². The minimum Gasteiger partial charge on any atom is -0.356 e. The smallest absolute Gasteiger partial charge is 0.0385 e. The molecule has 0 heterocycles. The van der Waals surface area contributed by atoms with Gasteiger partial charge in [-0.05, 0) is 89.8 Å². The SMILES string of the molecule is CC(C)NCc1ccc(Nc2ccc(Nc3ccc(Nc4ccc(C(C)C)cc4)cc3)cc2)cc1. The predicted molar refractivity (Wildman–Crippen MR) is 152 cm³/mol. The van der Waals surface area contributed by atoms with E-state index in [1.54, 1.807) is 0 Å². The van der Waals surface area contributed by atoms with Gasteiger partial charge in [-0.25, -0.2) is 0 Å². The lowest BCUT2D eigenvalue weighted by molar-refractivity contribution is 0.589. The van der Waals surface area contributed by atoms with Crippen molar-refractivity contribution in [3.8, 4) is 0 Å². The maximum atomic E-state index is 3.47. The monoisotopic (exact) mass is 464 g/mol. The normalized spacial score (nSPS) is 11.0. The summed E-state index contributed by atoms with van der Waals surface area (Å²) in [5, 5.41) is 13.9. The Hall–Kier alpha value is -3.76. The minimum absolute atomic E-state index is 0.488. The molecule has 0 aliphatic carbocycles. The Balaban J connectivity index is 1.29. The molecule has 0 spiro atoms. The summed E-state index contributed by atoms with van der Waals surface area (Å²) in [5.41, 5.74) is 9.05. The fourth-order valence-corrected chi connectivity index (χ4v) is 3.75. The van der Waals surface area contributed by atoms with Gasteiger partial charge in [-0.3, -0.25) is 0 Å². The van der Waals surface area contributed by atoms with Crippen molar-refractivity contribution in [3.05, 3.63) is 108 Å². The molecule has 0 saturated carbocycles. The van der Waals surface area contributed by atoms with E-state index in [2.05, 4.69) is 146 Å². The molecule has 0 radical (unpaired) electrons. The van der Waals surface area contributed by atoms with Crippen LogP contribution < -0.4 is 21.3 Å². The molecule has 0 saturated heterocycles. The molecule has 4 nitrogen and oxygen atoms in total. The molecule has 4 heteroatoms. The van der Waals surface area contributed by atoms with Gasteiger partial charge in [-0.1, -0.05) is 52.0 Å². The van der Waals surface area contributed by atoms with Gasteiger partial charge in [0.1, 0.15) is 0 Å². The van der Waals surface area contributed by atoms with Crippen LogP contribution in [0.1, 0.15) is 44.7 Å². The fourth-order valence-electron chi connectivity index (χ4n) is 3.75. The molecular formula is C31H36N4. The van der Waals surface area contributed by atoms with Gasteiger partial charge in [0.25, 0.3) is 0 Å². The lowest BCUT2D eigenvalue weighted by Gasteiger charge is -2.12. The largest absolute Gasteiger partial charge is 0.356 e. The van der Waals surface area contributed by atoms with E-state index in [-0.39, 0.29) is 0 Å². The molecule has 4 N–H and O–H groups in total. The Morgan fingerprint density at radius 2 is 0.771 bits per heavy atom. The fraction of sp³-hybridized carbons (Fsp3) is 0.226. The van der Waals surface area contributed by atoms with E-state index in [9.17, 15) is 0 Å². The Kier molecular flexibility index (Phi) is 8.07. The summed E-state index contributed by atoms with van der Waals surface area (Å²) in [6.45, 7) is 9.64. The Morgan fingerprint density at radius 1 is 0.457 bits per heavy atom. The molecular weight excluding hydrogens is 428 g/mol. The van der Waals surface area contributed by atoms with E-state index >= 15 is 0 Å². The van der Waals surface area contributed by atoms with Crippen molar-refractivity contribution in [2.75, 3.05) is 16.0 Å². The number of rotatable bonds is 10. The van der Waals surface area contributed by atoms with Crippen molar-refractivity contribution in [2.24, 2.45) is 0 Å². The minimum atomic E-state index is 0.488. The molecule has 0 fully saturated rings. The zero-order valence-corrected chi connectivity index (χ0v) is 21.1. The number of hydrogen-bond acceptors (Lipinski definition) is 4. The maximum absolute atomic E-state index is 3.47. The first-order chi connectivity index (χ1) is 16.9. The molecule has 4 aromatic carbocycles. The van der Waals surface area contributed by atoms with E-state index < -0.39 is 0 Å². The quantitative estimate of drug-likeness (QED) is 0.190. The highest BCUT2D eigenvalue weighted by atomic mass is 14.9. The van der Waals surface area contributed by atoms with Gasteiger partial charge in [0.15, 0.2) is 0 Å². The zero-order chi connectivity index (χ0) is 24.6. The van der Waals surface area contributed by atoms with Crippen LogP contribution in [0.25, 0.3) is 0 Å². The number of benzene rings is 4. The molecule has 0 unspecified atom stereocenters. The first-order valence-electron chi connectivity index (χ1n) is 12.4. The number of hydrogen-bond donors (Lipinski definition) is 4. The van der Waals surface area contributed by atoms with Crippen LogP contribution in [-0.2, 0) is 6.54 Å². The summed E-state index contributed by atoms with van der Waals surface area (Å²) in [4.78, 5) is 0. The van der Waals surface area contributed by atoms with E-state index in [1.807, 2.05) is 0 Å². The van der Waals surface area contributed by atoms with Gasteiger partial charge in [0.2, 0.25) is 0 Å². The van der Waals surface area contributed by atoms with Crippen molar-refractivity contribution in [1.82, 2.24) is 5.32 Å². The number of anilines is 6. The molecule has 0 atom stereocenters. The first kappa shape index (κ1) is 24.4. The lowest BCUT2D eigenvalue weighted by atomic mass is 10.0. The summed E-state index contributed by atoms with van der Waals surface area (Å²) in [5.74, 6) is 0.544. The molecule has 0 amide bonds. The molecule has 0 aromatic heterocycles. The summed E-state index contributed by atoms with van der Waals surface area (Å²) >= 11 is 0. The van der Waals surface area contributed by atoms with Crippen LogP contribution in [0.4, 0.5) is 34.1 Å². The van der Waals surface area contributed by atoms with Gasteiger partial charge in [0, 0.05) is 46.7 Å². The van der Waals surface area contributed by atoms with Crippen LogP contribution in [0.15, 0.2) is 97.1 Å². The molecule has 4 rings (SSSR count). The van der Waals surface area contributed by atoms with Crippen LogP contribution in [-0.4, -0.2) is 6.04 Å². The van der Waals surface area contributed by atoms with Crippen molar-refractivity contribution in [1.29, 1.82) is 0 Å². The van der Waals surface area contributed by atoms with E-state index in [4.69, 9.17) is 0 Å². The Bertz CT molecular complexity index is 1180. The zero-order valence-electron chi connectivity index (χ0n) is 21.1. The van der Waals surface area contributed by atoms with Crippen molar-refractivity contribution < 1.29 is 0 Å². The molecule has 4 aromatic rings. The molecule has 35 heavy (non-hydrogen) atoms. The Morgan fingerprint density at radius 3 is 1.09 bits per heavy atom. The van der Waals surface area contributed by atoms with Crippen molar-refractivity contribution in [3.63, 3.8) is 0 Å². The standard InChI is InChI=1S/C31H36N4/c1-22(2)25-7-11-27(12-8-25)34-29-15-19-31(20-16-29)35-30-17-13-28(14-18-30)33-26-9-5-24(6-10-26)21-32-23(3)4/h5-20,22-23,32-35H,21H2,1-4H3. The van der Waals surface area contributed by atoms with Crippen molar-refractivity contribution in [2.45, 2.75) is 46.2 Å². The summed E-state index contributed by atoms with van der Waals surface area (Å²) < 4.78 is 0. The third-order valence-electron chi connectivity index (χ3n) is 5.88. The van der Waals surface area contributed by atoms with E-state index in [1.165, 1.54) is 11.1 Å². The average Bonchev–Trinajstić information content (AvgIpc) is 2.86. The second-order valence-electron chi connectivity index (χ2n) is 9.54. The predicted octanol–water partition coefficient (Wildman–Crippen LogP) is 8.54.